The smallest absolute Gasteiger partial charge is 0.0544 e. The third kappa shape index (κ3) is 5.22. The second kappa shape index (κ2) is 8.90. The molecule has 0 unspecified atom stereocenters. The number of aromatic nitrogens is 1. The predicted octanol–water partition coefficient (Wildman–Crippen LogP) is 5.42. The van der Waals surface area contributed by atoms with E-state index in [0.717, 1.165) is 52.7 Å². The molecule has 3 rings (SSSR count). The fraction of sp³-hybridized carbons (Fsp3) is 0.450. The number of hydrogen-bond donors (Lipinski definition) is 2. The highest BCUT2D eigenvalue weighted by Gasteiger charge is 2.17. The monoisotopic (exact) mass is 438 g/mol. The van der Waals surface area contributed by atoms with Gasteiger partial charge in [-0.1, -0.05) is 17.7 Å². The number of pyridine rings is 1. The number of nitrogens with one attached hydrogen (secondary N) is 1. The molecule has 0 saturated carbocycles. The summed E-state index contributed by atoms with van der Waals surface area (Å²) in [5, 5.41) is 4.18. The molecule has 0 aliphatic carbocycles. The molecule has 0 spiro atoms. The lowest BCUT2D eigenvalue weighted by Gasteiger charge is -2.23. The Hall–Kier alpha value is -0.550. The molecule has 2 aromatic rings. The minimum Gasteiger partial charge on any atom is -0.317 e. The highest BCUT2D eigenvalue weighted by atomic mass is 79.9. The number of piperidine rings is 1. The Morgan fingerprint density at radius 1 is 1.20 bits per heavy atom. The van der Waals surface area contributed by atoms with Crippen LogP contribution in [0.5, 0.6) is 0 Å². The lowest BCUT2D eigenvalue weighted by Crippen LogP contribution is -2.29. The lowest BCUT2D eigenvalue weighted by molar-refractivity contribution is 0.369. The van der Waals surface area contributed by atoms with Crippen molar-refractivity contribution in [3.05, 3.63) is 56.3 Å². The van der Waals surface area contributed by atoms with Crippen molar-refractivity contribution in [3.63, 3.8) is 0 Å². The van der Waals surface area contributed by atoms with Crippen molar-refractivity contribution in [1.29, 1.82) is 0 Å². The van der Waals surface area contributed by atoms with Crippen molar-refractivity contribution in [3.8, 4) is 0 Å². The maximum absolute atomic E-state index is 6.28. The zero-order valence-corrected chi connectivity index (χ0v) is 17.7. The third-order valence-electron chi connectivity index (χ3n) is 4.92. The Labute approximate surface area is 169 Å². The molecule has 5 heteroatoms. The average Bonchev–Trinajstić information content (AvgIpc) is 2.59. The molecule has 1 aliphatic heterocycles. The van der Waals surface area contributed by atoms with Crippen molar-refractivity contribution in [2.24, 2.45) is 5.92 Å². The van der Waals surface area contributed by atoms with Gasteiger partial charge in [0.15, 0.2) is 0 Å². The van der Waals surface area contributed by atoms with Crippen LogP contribution in [0.25, 0.3) is 0 Å². The number of thiol groups is 1. The highest BCUT2D eigenvalue weighted by Crippen LogP contribution is 2.28. The molecular weight excluding hydrogens is 416 g/mol. The third-order valence-corrected chi connectivity index (χ3v) is 6.31. The zero-order valence-electron chi connectivity index (χ0n) is 14.5. The van der Waals surface area contributed by atoms with Crippen LogP contribution in [0.1, 0.15) is 35.2 Å². The largest absolute Gasteiger partial charge is 0.317 e. The van der Waals surface area contributed by atoms with Gasteiger partial charge in [0, 0.05) is 21.3 Å². The van der Waals surface area contributed by atoms with Gasteiger partial charge in [0.1, 0.15) is 0 Å². The first-order valence-corrected chi connectivity index (χ1v) is 10.5. The highest BCUT2D eigenvalue weighted by molar-refractivity contribution is 9.10. The first-order valence-electron chi connectivity index (χ1n) is 8.85. The van der Waals surface area contributed by atoms with Crippen LogP contribution in [0.4, 0.5) is 0 Å². The van der Waals surface area contributed by atoms with Gasteiger partial charge in [-0.25, -0.2) is 0 Å². The van der Waals surface area contributed by atoms with E-state index in [9.17, 15) is 0 Å². The predicted molar refractivity (Wildman–Crippen MR) is 112 cm³/mol. The summed E-state index contributed by atoms with van der Waals surface area (Å²) < 4.78 is 1.05. The summed E-state index contributed by atoms with van der Waals surface area (Å²) in [7, 11) is 0. The van der Waals surface area contributed by atoms with Gasteiger partial charge in [-0.3, -0.25) is 4.98 Å². The molecular formula is C20H24BrClN2S. The molecule has 0 atom stereocenters. The first kappa shape index (κ1) is 19.2. The molecule has 134 valence electrons. The summed E-state index contributed by atoms with van der Waals surface area (Å²) in [6, 6.07) is 6.38. The SMILES string of the molecule is Cc1cc(Cl)c(S)c(CCc2cc(Br)cnc2CC2CCNCC2)c1. The van der Waals surface area contributed by atoms with Gasteiger partial charge in [0.25, 0.3) is 0 Å². The number of aryl methyl sites for hydroxylation is 3. The van der Waals surface area contributed by atoms with E-state index in [-0.39, 0.29) is 0 Å². The van der Waals surface area contributed by atoms with E-state index in [1.54, 1.807) is 0 Å². The van der Waals surface area contributed by atoms with Crippen LogP contribution < -0.4 is 5.32 Å². The second-order valence-corrected chi connectivity index (χ2v) is 8.68. The molecule has 1 saturated heterocycles. The quantitative estimate of drug-likeness (QED) is 0.608. The van der Waals surface area contributed by atoms with Crippen LogP contribution >= 0.6 is 40.2 Å². The molecule has 1 aromatic heterocycles. The van der Waals surface area contributed by atoms with E-state index >= 15 is 0 Å². The molecule has 0 amide bonds. The number of nitrogens with zero attached hydrogens (tertiary/aromatic N) is 1. The molecule has 0 radical (unpaired) electrons. The standard InChI is InChI=1S/C20H24BrClN2S/c1-13-8-16(20(25)18(22)9-13)3-2-15-11-17(21)12-24-19(15)10-14-4-6-23-7-5-14/h8-9,11-12,14,23,25H,2-7,10H2,1H3. The van der Waals surface area contributed by atoms with Gasteiger partial charge in [0.2, 0.25) is 0 Å². The van der Waals surface area contributed by atoms with E-state index < -0.39 is 0 Å². The van der Waals surface area contributed by atoms with Gasteiger partial charge in [-0.2, -0.15) is 0 Å². The normalized spacial score (nSPS) is 15.5. The number of hydrogen-bond acceptors (Lipinski definition) is 3. The number of halogens is 2. The Morgan fingerprint density at radius 2 is 1.92 bits per heavy atom. The molecule has 2 nitrogen and oxygen atoms in total. The van der Waals surface area contributed by atoms with Crippen molar-refractivity contribution in [1.82, 2.24) is 10.3 Å². The summed E-state index contributed by atoms with van der Waals surface area (Å²) in [6.07, 6.45) is 7.37. The fourth-order valence-corrected chi connectivity index (χ4v) is 4.45. The van der Waals surface area contributed by atoms with E-state index in [1.807, 2.05) is 12.3 Å². The Balaban J connectivity index is 1.76. The summed E-state index contributed by atoms with van der Waals surface area (Å²) >= 11 is 14.5. The summed E-state index contributed by atoms with van der Waals surface area (Å²) in [5.74, 6) is 0.738. The average molecular weight is 440 g/mol. The minimum atomic E-state index is 0.737. The molecule has 1 N–H and O–H groups in total. The van der Waals surface area contributed by atoms with E-state index in [0.29, 0.717) is 0 Å². The Bertz CT molecular complexity index is 745. The van der Waals surface area contributed by atoms with Crippen molar-refractivity contribution in [2.75, 3.05) is 13.1 Å². The minimum absolute atomic E-state index is 0.737. The van der Waals surface area contributed by atoms with Crippen LogP contribution in [-0.2, 0) is 19.3 Å². The summed E-state index contributed by atoms with van der Waals surface area (Å²) in [4.78, 5) is 5.63. The molecule has 1 aliphatic rings. The molecule has 0 bridgehead atoms. The summed E-state index contributed by atoms with van der Waals surface area (Å²) in [5.41, 5.74) is 4.97. The van der Waals surface area contributed by atoms with E-state index in [4.69, 9.17) is 16.6 Å². The van der Waals surface area contributed by atoms with E-state index in [2.05, 4.69) is 52.9 Å². The van der Waals surface area contributed by atoms with Crippen LogP contribution in [0.15, 0.2) is 33.8 Å². The zero-order chi connectivity index (χ0) is 17.8. The van der Waals surface area contributed by atoms with Gasteiger partial charge in [-0.15, -0.1) is 12.6 Å². The second-order valence-electron chi connectivity index (χ2n) is 6.91. The maximum atomic E-state index is 6.28. The number of rotatable bonds is 5. The van der Waals surface area contributed by atoms with Crippen molar-refractivity contribution >= 4 is 40.2 Å². The number of benzene rings is 1. The van der Waals surface area contributed by atoms with Crippen LogP contribution in [0.3, 0.4) is 0 Å². The first-order chi connectivity index (χ1) is 12.0. The van der Waals surface area contributed by atoms with Crippen LogP contribution in [-0.4, -0.2) is 18.1 Å². The van der Waals surface area contributed by atoms with E-state index in [1.165, 1.54) is 35.2 Å². The molecule has 1 aromatic carbocycles. The lowest BCUT2D eigenvalue weighted by atomic mass is 9.90. The summed E-state index contributed by atoms with van der Waals surface area (Å²) in [6.45, 7) is 4.33. The van der Waals surface area contributed by atoms with Gasteiger partial charge >= 0.3 is 0 Å². The Morgan fingerprint density at radius 3 is 2.68 bits per heavy atom. The van der Waals surface area contributed by atoms with Gasteiger partial charge in [-0.05, 0) is 103 Å². The van der Waals surface area contributed by atoms with Crippen LogP contribution in [0.2, 0.25) is 5.02 Å². The van der Waals surface area contributed by atoms with Crippen LogP contribution in [0, 0.1) is 12.8 Å². The Kier molecular flexibility index (Phi) is 6.84. The van der Waals surface area contributed by atoms with Gasteiger partial charge < -0.3 is 5.32 Å². The molecule has 2 heterocycles. The fourth-order valence-electron chi connectivity index (χ4n) is 3.54. The topological polar surface area (TPSA) is 24.9 Å². The van der Waals surface area contributed by atoms with Crippen molar-refractivity contribution < 1.29 is 0 Å². The molecule has 25 heavy (non-hydrogen) atoms. The van der Waals surface area contributed by atoms with Gasteiger partial charge in [0.05, 0.1) is 5.02 Å². The van der Waals surface area contributed by atoms with Crippen molar-refractivity contribution in [2.45, 2.75) is 43.9 Å². The maximum Gasteiger partial charge on any atom is 0.0544 e. The molecule has 1 fully saturated rings.